The minimum atomic E-state index is 0.962. The molecule has 0 atom stereocenters. The minimum Gasteiger partial charge on any atom is -0.374 e. The van der Waals surface area contributed by atoms with Crippen molar-refractivity contribution < 1.29 is 0 Å². The highest BCUT2D eigenvalue weighted by molar-refractivity contribution is 5.84. The zero-order valence-electron chi connectivity index (χ0n) is 18.5. The van der Waals surface area contributed by atoms with Crippen LogP contribution in [0.4, 0.5) is 11.4 Å². The van der Waals surface area contributed by atoms with Crippen LogP contribution in [-0.2, 0) is 12.8 Å². The van der Waals surface area contributed by atoms with Crippen molar-refractivity contribution >= 4 is 22.6 Å². The number of hydrogen-bond acceptors (Lipinski definition) is 2. The second kappa shape index (κ2) is 9.17. The third-order valence-electron chi connectivity index (χ3n) is 6.13. The molecule has 0 aliphatic heterocycles. The number of nitrogens with zero attached hydrogens (tertiary/aromatic N) is 2. The van der Waals surface area contributed by atoms with Gasteiger partial charge < -0.3 is 9.80 Å². The molecule has 0 radical (unpaired) electrons. The van der Waals surface area contributed by atoms with Gasteiger partial charge in [-0.2, -0.15) is 0 Å². The van der Waals surface area contributed by atoms with Crippen LogP contribution in [0, 0.1) is 0 Å². The van der Waals surface area contributed by atoms with Gasteiger partial charge in [-0.3, -0.25) is 0 Å². The Morgan fingerprint density at radius 2 is 1.76 bits per heavy atom. The Morgan fingerprint density at radius 3 is 2.45 bits per heavy atom. The average molecular weight is 387 g/mol. The van der Waals surface area contributed by atoms with Gasteiger partial charge in [-0.15, -0.1) is 0 Å². The summed E-state index contributed by atoms with van der Waals surface area (Å²) in [6.07, 6.45) is 8.94. The Balaban J connectivity index is 1.95. The minimum absolute atomic E-state index is 0.962. The van der Waals surface area contributed by atoms with E-state index >= 15 is 0 Å². The van der Waals surface area contributed by atoms with Gasteiger partial charge in [0.2, 0.25) is 0 Å². The highest BCUT2D eigenvalue weighted by Gasteiger charge is 2.15. The van der Waals surface area contributed by atoms with Gasteiger partial charge in [0.05, 0.1) is 0 Å². The molecule has 0 aromatic heterocycles. The molecular weight excluding hydrogens is 352 g/mol. The number of benzene rings is 2. The molecule has 2 aromatic rings. The summed E-state index contributed by atoms with van der Waals surface area (Å²) in [5.41, 5.74) is 10.1. The summed E-state index contributed by atoms with van der Waals surface area (Å²) >= 11 is 0. The number of rotatable bonds is 7. The van der Waals surface area contributed by atoms with Crippen molar-refractivity contribution in [3.63, 3.8) is 0 Å². The zero-order chi connectivity index (χ0) is 21.0. The molecule has 0 saturated carbocycles. The van der Waals surface area contributed by atoms with E-state index in [1.165, 1.54) is 59.3 Å². The first kappa shape index (κ1) is 21.0. The van der Waals surface area contributed by atoms with Crippen LogP contribution >= 0.6 is 0 Å². The maximum absolute atomic E-state index is 4.43. The second-order valence-corrected chi connectivity index (χ2v) is 8.00. The maximum Gasteiger partial charge on any atom is 0.0440 e. The molecule has 1 aliphatic carbocycles. The van der Waals surface area contributed by atoms with Crippen molar-refractivity contribution in [1.82, 2.24) is 0 Å². The second-order valence-electron chi connectivity index (χ2n) is 8.00. The van der Waals surface area contributed by atoms with Gasteiger partial charge in [0.25, 0.3) is 0 Å². The van der Waals surface area contributed by atoms with Crippen LogP contribution in [0.25, 0.3) is 11.3 Å². The van der Waals surface area contributed by atoms with E-state index in [0.717, 1.165) is 17.8 Å². The molecule has 2 heteroatoms. The molecule has 0 N–H and O–H groups in total. The highest BCUT2D eigenvalue weighted by atomic mass is 15.1. The van der Waals surface area contributed by atoms with Crippen LogP contribution in [0.5, 0.6) is 0 Å². The van der Waals surface area contributed by atoms with E-state index in [9.17, 15) is 0 Å². The third-order valence-corrected chi connectivity index (χ3v) is 6.13. The van der Waals surface area contributed by atoms with Crippen LogP contribution in [-0.4, -0.2) is 20.6 Å². The monoisotopic (exact) mass is 386 g/mol. The normalized spacial score (nSPS) is 13.6. The van der Waals surface area contributed by atoms with Crippen molar-refractivity contribution in [2.24, 2.45) is 0 Å². The summed E-state index contributed by atoms with van der Waals surface area (Å²) < 4.78 is 0. The number of allylic oxidation sites excluding steroid dienone is 3. The van der Waals surface area contributed by atoms with Crippen molar-refractivity contribution in [2.45, 2.75) is 39.5 Å². The summed E-state index contributed by atoms with van der Waals surface area (Å²) in [6, 6.07) is 13.5. The molecule has 152 valence electrons. The summed E-state index contributed by atoms with van der Waals surface area (Å²) in [6.45, 7) is 13.6. The Hall–Kier alpha value is -2.74. The Morgan fingerprint density at radius 1 is 1.03 bits per heavy atom. The van der Waals surface area contributed by atoms with Crippen LogP contribution in [0.15, 0.2) is 61.7 Å². The van der Waals surface area contributed by atoms with E-state index < -0.39 is 0 Å². The van der Waals surface area contributed by atoms with Crippen molar-refractivity contribution in [3.05, 3.63) is 84.0 Å². The molecule has 2 aromatic carbocycles. The lowest BCUT2D eigenvalue weighted by Gasteiger charge is -2.27. The first-order valence-electron chi connectivity index (χ1n) is 10.7. The smallest absolute Gasteiger partial charge is 0.0440 e. The van der Waals surface area contributed by atoms with Gasteiger partial charge in [0.1, 0.15) is 0 Å². The van der Waals surface area contributed by atoms with E-state index in [2.05, 4.69) is 93.4 Å². The van der Waals surface area contributed by atoms with E-state index in [1.54, 1.807) is 0 Å². The average Bonchev–Trinajstić information content (AvgIpc) is 2.76. The fourth-order valence-corrected chi connectivity index (χ4v) is 4.08. The Labute approximate surface area is 176 Å². The van der Waals surface area contributed by atoms with Crippen LogP contribution < -0.4 is 9.80 Å². The molecule has 29 heavy (non-hydrogen) atoms. The van der Waals surface area contributed by atoms with Crippen molar-refractivity contribution in [1.29, 1.82) is 0 Å². The van der Waals surface area contributed by atoms with Crippen molar-refractivity contribution in [3.8, 4) is 0 Å². The molecular formula is C27H34N2. The van der Waals surface area contributed by atoms with Gasteiger partial charge >= 0.3 is 0 Å². The summed E-state index contributed by atoms with van der Waals surface area (Å²) in [5.74, 6) is 0. The van der Waals surface area contributed by atoms with E-state index in [4.69, 9.17) is 0 Å². The standard InChI is InChI=1S/C27H34N2/c1-7-11-20(3)26-19-23(15-17-27(26)28(5)8-2)21(4)29(6)25-16-14-22-12-9-10-13-24(22)18-25/h7,11,14-19H,1,4,8-10,12-13H2,2-3,5-6H3/b20-11-. The van der Waals surface area contributed by atoms with Gasteiger partial charge in [-0.25, -0.2) is 0 Å². The lowest BCUT2D eigenvalue weighted by atomic mass is 9.91. The van der Waals surface area contributed by atoms with E-state index in [1.807, 2.05) is 6.08 Å². The lowest BCUT2D eigenvalue weighted by Crippen LogP contribution is -2.18. The SMILES string of the molecule is C=C/C=C(/C)c1cc(C(=C)N(C)c2ccc3c(c2)CCCC3)ccc1N(C)CC. The molecule has 1 aliphatic rings. The molecule has 3 rings (SSSR count). The highest BCUT2D eigenvalue weighted by Crippen LogP contribution is 2.33. The Kier molecular flexibility index (Phi) is 6.64. The first-order chi connectivity index (χ1) is 14.0. The van der Waals surface area contributed by atoms with Gasteiger partial charge in [0.15, 0.2) is 0 Å². The largest absolute Gasteiger partial charge is 0.374 e. The van der Waals surface area contributed by atoms with E-state index in [0.29, 0.717) is 0 Å². The van der Waals surface area contributed by atoms with Crippen LogP contribution in [0.2, 0.25) is 0 Å². The zero-order valence-corrected chi connectivity index (χ0v) is 18.5. The topological polar surface area (TPSA) is 6.48 Å². The van der Waals surface area contributed by atoms with Crippen LogP contribution in [0.3, 0.4) is 0 Å². The predicted octanol–water partition coefficient (Wildman–Crippen LogP) is 6.72. The summed E-state index contributed by atoms with van der Waals surface area (Å²) in [7, 11) is 4.25. The summed E-state index contributed by atoms with van der Waals surface area (Å²) in [4.78, 5) is 4.49. The van der Waals surface area contributed by atoms with E-state index in [-0.39, 0.29) is 0 Å². The fourth-order valence-electron chi connectivity index (χ4n) is 4.08. The van der Waals surface area contributed by atoms with Gasteiger partial charge in [-0.05, 0) is 86.1 Å². The Bertz CT molecular complexity index is 936. The number of fused-ring (bicyclic) bond motifs is 1. The number of hydrogen-bond donors (Lipinski definition) is 0. The molecule has 0 unspecified atom stereocenters. The molecule has 2 nitrogen and oxygen atoms in total. The lowest BCUT2D eigenvalue weighted by molar-refractivity contribution is 0.685. The maximum atomic E-state index is 4.43. The molecule has 0 amide bonds. The molecule has 0 bridgehead atoms. The number of anilines is 2. The molecule has 0 fully saturated rings. The predicted molar refractivity (Wildman–Crippen MR) is 130 cm³/mol. The molecule has 0 saturated heterocycles. The quantitative estimate of drug-likeness (QED) is 0.487. The molecule has 0 heterocycles. The third kappa shape index (κ3) is 4.48. The summed E-state index contributed by atoms with van der Waals surface area (Å²) in [5, 5.41) is 0. The molecule has 0 spiro atoms. The van der Waals surface area contributed by atoms with Gasteiger partial charge in [0, 0.05) is 43.3 Å². The first-order valence-corrected chi connectivity index (χ1v) is 10.7. The van der Waals surface area contributed by atoms with Crippen molar-refractivity contribution in [2.75, 3.05) is 30.4 Å². The van der Waals surface area contributed by atoms with Gasteiger partial charge in [-0.1, -0.05) is 37.4 Å². The number of aryl methyl sites for hydroxylation is 2. The van der Waals surface area contributed by atoms with Crippen LogP contribution in [0.1, 0.15) is 48.9 Å². The fraction of sp³-hybridized carbons (Fsp3) is 0.333.